The molecule has 0 aliphatic heterocycles. The Morgan fingerprint density at radius 1 is 1.50 bits per heavy atom. The molecule has 0 aromatic carbocycles. The van der Waals surface area contributed by atoms with Crippen LogP contribution in [-0.4, -0.2) is 16.4 Å². The monoisotopic (exact) mass is 274 g/mol. The summed E-state index contributed by atoms with van der Waals surface area (Å²) in [5.74, 6) is 0.944. The highest BCUT2D eigenvalue weighted by Gasteiger charge is 2.27. The highest BCUT2D eigenvalue weighted by molar-refractivity contribution is 9.10. The Balaban J connectivity index is 2.00. The van der Waals surface area contributed by atoms with Gasteiger partial charge in [0.2, 0.25) is 0 Å². The van der Waals surface area contributed by atoms with Crippen LogP contribution in [0.5, 0.6) is 0 Å². The van der Waals surface area contributed by atoms with E-state index in [1.165, 1.54) is 0 Å². The normalized spacial score (nSPS) is 25.6. The summed E-state index contributed by atoms with van der Waals surface area (Å²) in [4.78, 5) is 4.42. The third-order valence-electron chi connectivity index (χ3n) is 2.45. The van der Waals surface area contributed by atoms with Gasteiger partial charge in [0.15, 0.2) is 0 Å². The van der Waals surface area contributed by atoms with E-state index >= 15 is 0 Å². The fourth-order valence-corrected chi connectivity index (χ4v) is 2.15. The Kier molecular flexibility index (Phi) is 2.98. The topological polar surface area (TPSA) is 24.9 Å². The van der Waals surface area contributed by atoms with Gasteiger partial charge in [-0.25, -0.2) is 4.98 Å². The average molecular weight is 276 g/mol. The SMILES string of the molecule is Cc1nc(NC2CC(Cl)C2)ccc1Br. The summed E-state index contributed by atoms with van der Waals surface area (Å²) in [5.41, 5.74) is 1.01. The Morgan fingerprint density at radius 2 is 2.21 bits per heavy atom. The maximum absolute atomic E-state index is 5.90. The quantitative estimate of drug-likeness (QED) is 0.838. The van der Waals surface area contributed by atoms with Crippen LogP contribution in [0, 0.1) is 6.92 Å². The minimum absolute atomic E-state index is 0.351. The molecule has 2 rings (SSSR count). The van der Waals surface area contributed by atoms with Crippen LogP contribution in [0.1, 0.15) is 18.5 Å². The van der Waals surface area contributed by atoms with Crippen molar-refractivity contribution in [1.82, 2.24) is 4.98 Å². The maximum atomic E-state index is 5.90. The summed E-state index contributed by atoms with van der Waals surface area (Å²) < 4.78 is 1.05. The number of nitrogens with zero attached hydrogens (tertiary/aromatic N) is 1. The van der Waals surface area contributed by atoms with Crippen molar-refractivity contribution in [1.29, 1.82) is 0 Å². The number of pyridine rings is 1. The summed E-state index contributed by atoms with van der Waals surface area (Å²) in [5, 5.41) is 3.71. The molecular formula is C10H12BrClN2. The number of aryl methyl sites for hydroxylation is 1. The van der Waals surface area contributed by atoms with Crippen LogP contribution < -0.4 is 5.32 Å². The van der Waals surface area contributed by atoms with Gasteiger partial charge in [-0.15, -0.1) is 11.6 Å². The smallest absolute Gasteiger partial charge is 0.126 e. The highest BCUT2D eigenvalue weighted by atomic mass is 79.9. The van der Waals surface area contributed by atoms with Crippen molar-refractivity contribution in [2.24, 2.45) is 0 Å². The minimum Gasteiger partial charge on any atom is -0.367 e. The molecule has 76 valence electrons. The number of hydrogen-bond acceptors (Lipinski definition) is 2. The fourth-order valence-electron chi connectivity index (χ4n) is 1.50. The molecule has 1 fully saturated rings. The molecule has 0 saturated heterocycles. The maximum Gasteiger partial charge on any atom is 0.126 e. The molecule has 1 aromatic rings. The van der Waals surface area contributed by atoms with Crippen LogP contribution >= 0.6 is 27.5 Å². The second kappa shape index (κ2) is 4.07. The molecule has 0 bridgehead atoms. The first kappa shape index (κ1) is 10.2. The molecule has 1 saturated carbocycles. The summed E-state index contributed by atoms with van der Waals surface area (Å²) in [6.45, 7) is 1.99. The number of halogens is 2. The number of aromatic nitrogens is 1. The molecule has 1 N–H and O–H groups in total. The number of rotatable bonds is 2. The zero-order valence-corrected chi connectivity index (χ0v) is 10.3. The lowest BCUT2D eigenvalue weighted by Gasteiger charge is -2.32. The first-order valence-corrected chi connectivity index (χ1v) is 5.92. The predicted octanol–water partition coefficient (Wildman–Crippen LogP) is 3.33. The zero-order chi connectivity index (χ0) is 10.1. The van der Waals surface area contributed by atoms with Gasteiger partial charge < -0.3 is 5.32 Å². The van der Waals surface area contributed by atoms with Crippen LogP contribution in [-0.2, 0) is 0 Å². The molecule has 1 aliphatic rings. The largest absolute Gasteiger partial charge is 0.367 e. The van der Waals surface area contributed by atoms with Crippen molar-refractivity contribution in [2.75, 3.05) is 5.32 Å². The lowest BCUT2D eigenvalue weighted by Crippen LogP contribution is -2.36. The van der Waals surface area contributed by atoms with Gasteiger partial charge in [-0.1, -0.05) is 0 Å². The molecule has 4 heteroatoms. The van der Waals surface area contributed by atoms with Crippen LogP contribution in [0.2, 0.25) is 0 Å². The number of hydrogen-bond donors (Lipinski definition) is 1. The Bertz CT molecular complexity index is 337. The Hall–Kier alpha value is -0.280. The lowest BCUT2D eigenvalue weighted by atomic mass is 9.92. The summed E-state index contributed by atoms with van der Waals surface area (Å²) in [6, 6.07) is 4.51. The lowest BCUT2D eigenvalue weighted by molar-refractivity contribution is 0.453. The van der Waals surface area contributed by atoms with Crippen LogP contribution in [0.3, 0.4) is 0 Å². The molecule has 2 nitrogen and oxygen atoms in total. The van der Waals surface area contributed by atoms with Gasteiger partial charge in [0, 0.05) is 15.9 Å². The van der Waals surface area contributed by atoms with Gasteiger partial charge in [-0.05, 0) is 47.8 Å². The van der Waals surface area contributed by atoms with Crippen molar-refractivity contribution in [3.63, 3.8) is 0 Å². The van der Waals surface area contributed by atoms with Crippen molar-refractivity contribution >= 4 is 33.3 Å². The van der Waals surface area contributed by atoms with Crippen molar-refractivity contribution < 1.29 is 0 Å². The Morgan fingerprint density at radius 3 is 2.79 bits per heavy atom. The van der Waals surface area contributed by atoms with Crippen LogP contribution in [0.4, 0.5) is 5.82 Å². The van der Waals surface area contributed by atoms with E-state index in [1.807, 2.05) is 19.1 Å². The summed E-state index contributed by atoms with van der Waals surface area (Å²) >= 11 is 9.32. The van der Waals surface area contributed by atoms with Gasteiger partial charge >= 0.3 is 0 Å². The molecule has 0 radical (unpaired) electrons. The van der Waals surface area contributed by atoms with E-state index in [2.05, 4.69) is 26.2 Å². The second-order valence-electron chi connectivity index (χ2n) is 3.67. The van der Waals surface area contributed by atoms with Crippen molar-refractivity contribution in [3.05, 3.63) is 22.3 Å². The van der Waals surface area contributed by atoms with E-state index in [-0.39, 0.29) is 0 Å². The third kappa shape index (κ3) is 2.20. The van der Waals surface area contributed by atoms with E-state index in [0.29, 0.717) is 11.4 Å². The molecule has 1 heterocycles. The van der Waals surface area contributed by atoms with E-state index in [4.69, 9.17) is 11.6 Å². The van der Waals surface area contributed by atoms with Crippen LogP contribution in [0.15, 0.2) is 16.6 Å². The average Bonchev–Trinajstić information content (AvgIpc) is 2.09. The zero-order valence-electron chi connectivity index (χ0n) is 7.93. The second-order valence-corrected chi connectivity index (χ2v) is 5.15. The van der Waals surface area contributed by atoms with Gasteiger partial charge in [0.05, 0.1) is 5.69 Å². The van der Waals surface area contributed by atoms with E-state index in [0.717, 1.165) is 28.8 Å². The third-order valence-corrected chi connectivity index (χ3v) is 3.65. The van der Waals surface area contributed by atoms with Gasteiger partial charge in [0.1, 0.15) is 5.82 Å². The molecular weight excluding hydrogens is 263 g/mol. The summed E-state index contributed by atoms with van der Waals surface area (Å²) in [7, 11) is 0. The van der Waals surface area contributed by atoms with Crippen molar-refractivity contribution in [2.45, 2.75) is 31.2 Å². The molecule has 0 spiro atoms. The first-order valence-electron chi connectivity index (χ1n) is 4.69. The number of nitrogens with one attached hydrogen (secondary N) is 1. The Labute approximate surface area is 97.2 Å². The highest BCUT2D eigenvalue weighted by Crippen LogP contribution is 2.28. The molecule has 1 aliphatic carbocycles. The fraction of sp³-hybridized carbons (Fsp3) is 0.500. The van der Waals surface area contributed by atoms with Crippen molar-refractivity contribution in [3.8, 4) is 0 Å². The standard InChI is InChI=1S/C10H12BrClN2/c1-6-9(11)2-3-10(13-6)14-8-4-7(12)5-8/h2-3,7-8H,4-5H2,1H3,(H,13,14). The molecule has 14 heavy (non-hydrogen) atoms. The molecule has 0 atom stereocenters. The molecule has 0 amide bonds. The minimum atomic E-state index is 0.351. The van der Waals surface area contributed by atoms with Gasteiger partial charge in [-0.2, -0.15) is 0 Å². The van der Waals surface area contributed by atoms with E-state index < -0.39 is 0 Å². The van der Waals surface area contributed by atoms with Crippen LogP contribution in [0.25, 0.3) is 0 Å². The molecule has 1 aromatic heterocycles. The number of anilines is 1. The number of alkyl halides is 1. The van der Waals surface area contributed by atoms with E-state index in [9.17, 15) is 0 Å². The predicted molar refractivity (Wildman–Crippen MR) is 63.0 cm³/mol. The van der Waals surface area contributed by atoms with E-state index in [1.54, 1.807) is 0 Å². The molecule has 0 unspecified atom stereocenters. The first-order chi connectivity index (χ1) is 6.65. The summed E-state index contributed by atoms with van der Waals surface area (Å²) in [6.07, 6.45) is 2.08. The van der Waals surface area contributed by atoms with Gasteiger partial charge in [0.25, 0.3) is 0 Å². The van der Waals surface area contributed by atoms with Gasteiger partial charge in [-0.3, -0.25) is 0 Å².